The Labute approximate surface area is 132 Å². The third-order valence-corrected chi connectivity index (χ3v) is 4.25. The maximum absolute atomic E-state index is 13.6. The van der Waals surface area contributed by atoms with Crippen LogP contribution in [0.1, 0.15) is 30.7 Å². The Balaban J connectivity index is 2.07. The largest absolute Gasteiger partial charge is 0.477 e. The molecule has 8 heteroatoms. The third kappa shape index (κ3) is 3.64. The maximum atomic E-state index is 13.6. The van der Waals surface area contributed by atoms with Gasteiger partial charge in [-0.2, -0.15) is 0 Å². The number of nitrogens with one attached hydrogen (secondary N) is 1. The summed E-state index contributed by atoms with van der Waals surface area (Å²) in [6.45, 7) is 1.63. The van der Waals surface area contributed by atoms with E-state index in [0.717, 1.165) is 11.3 Å². The summed E-state index contributed by atoms with van der Waals surface area (Å²) in [5.41, 5.74) is 0.316. The summed E-state index contributed by atoms with van der Waals surface area (Å²) in [5.74, 6) is -2.27. The Morgan fingerprint density at radius 1 is 1.48 bits per heavy atom. The number of rotatable bonds is 4. The van der Waals surface area contributed by atoms with E-state index < -0.39 is 17.7 Å². The molecular formula is C13H10BrFN2O3S. The number of nitrogens with zero attached hydrogens (tertiary/aromatic N) is 1. The number of aromatic carboxylic acids is 1. The zero-order valence-electron chi connectivity index (χ0n) is 10.8. The second-order valence-corrected chi connectivity index (χ2v) is 6.13. The SMILES string of the molecule is Cc1nc(CNC(=O)c2ccc(Br)cc2F)sc1C(=O)O. The van der Waals surface area contributed by atoms with Gasteiger partial charge >= 0.3 is 5.97 Å². The van der Waals surface area contributed by atoms with Crippen molar-refractivity contribution in [2.24, 2.45) is 0 Å². The lowest BCUT2D eigenvalue weighted by molar-refractivity contribution is 0.0701. The number of carbonyl (C=O) groups is 2. The Bertz CT molecular complexity index is 717. The van der Waals surface area contributed by atoms with E-state index >= 15 is 0 Å². The van der Waals surface area contributed by atoms with Crippen LogP contribution in [0.2, 0.25) is 0 Å². The first-order chi connectivity index (χ1) is 9.88. The van der Waals surface area contributed by atoms with Crippen molar-refractivity contribution in [3.8, 4) is 0 Å². The molecule has 0 saturated carbocycles. The number of thiazole rings is 1. The summed E-state index contributed by atoms with van der Waals surface area (Å²) in [5, 5.41) is 11.9. The second kappa shape index (κ2) is 6.31. The van der Waals surface area contributed by atoms with Gasteiger partial charge in [0, 0.05) is 4.47 Å². The fourth-order valence-electron chi connectivity index (χ4n) is 1.65. The molecule has 1 aromatic heterocycles. The van der Waals surface area contributed by atoms with Crippen LogP contribution in [0.25, 0.3) is 0 Å². The normalized spacial score (nSPS) is 10.4. The molecule has 1 heterocycles. The second-order valence-electron chi connectivity index (χ2n) is 4.13. The smallest absolute Gasteiger partial charge is 0.347 e. The molecule has 21 heavy (non-hydrogen) atoms. The molecule has 0 aliphatic heterocycles. The molecule has 0 spiro atoms. The number of amides is 1. The molecule has 1 aromatic carbocycles. The molecule has 0 aliphatic carbocycles. The Hall–Kier alpha value is -1.80. The van der Waals surface area contributed by atoms with Gasteiger partial charge in [-0.3, -0.25) is 4.79 Å². The van der Waals surface area contributed by atoms with Crippen LogP contribution in [0.3, 0.4) is 0 Å². The van der Waals surface area contributed by atoms with Gasteiger partial charge in [0.05, 0.1) is 17.8 Å². The highest BCUT2D eigenvalue weighted by Crippen LogP contribution is 2.18. The monoisotopic (exact) mass is 372 g/mol. The van der Waals surface area contributed by atoms with E-state index in [0.29, 0.717) is 15.2 Å². The highest BCUT2D eigenvalue weighted by Gasteiger charge is 2.16. The van der Waals surface area contributed by atoms with Crippen molar-refractivity contribution in [1.29, 1.82) is 0 Å². The lowest BCUT2D eigenvalue weighted by Crippen LogP contribution is -2.23. The number of halogens is 2. The minimum atomic E-state index is -1.05. The van der Waals surface area contributed by atoms with Crippen molar-refractivity contribution in [2.45, 2.75) is 13.5 Å². The van der Waals surface area contributed by atoms with Gasteiger partial charge in [-0.25, -0.2) is 14.2 Å². The summed E-state index contributed by atoms with van der Waals surface area (Å²) in [7, 11) is 0. The van der Waals surface area contributed by atoms with Crippen molar-refractivity contribution in [3.63, 3.8) is 0 Å². The molecule has 2 rings (SSSR count). The highest BCUT2D eigenvalue weighted by atomic mass is 79.9. The van der Waals surface area contributed by atoms with Crippen LogP contribution in [0, 0.1) is 12.7 Å². The van der Waals surface area contributed by atoms with Crippen molar-refractivity contribution < 1.29 is 19.1 Å². The summed E-state index contributed by atoms with van der Waals surface area (Å²) in [4.78, 5) is 27.0. The van der Waals surface area contributed by atoms with Crippen molar-refractivity contribution in [1.82, 2.24) is 10.3 Å². The minimum Gasteiger partial charge on any atom is -0.477 e. The van der Waals surface area contributed by atoms with E-state index in [1.807, 2.05) is 0 Å². The standard InChI is InChI=1S/C13H10BrFN2O3S/c1-6-11(13(19)20)21-10(17-6)5-16-12(18)8-3-2-7(14)4-9(8)15/h2-4H,5H2,1H3,(H,16,18)(H,19,20). The molecule has 0 saturated heterocycles. The molecule has 2 N–H and O–H groups in total. The van der Waals surface area contributed by atoms with Crippen molar-refractivity contribution in [2.75, 3.05) is 0 Å². The first-order valence-electron chi connectivity index (χ1n) is 5.81. The first kappa shape index (κ1) is 15.6. The lowest BCUT2D eigenvalue weighted by Gasteiger charge is -2.04. The number of carboxylic acids is 1. The molecule has 0 fully saturated rings. The number of aryl methyl sites for hydroxylation is 1. The van der Waals surface area contributed by atoms with Gasteiger partial charge in [0.2, 0.25) is 0 Å². The van der Waals surface area contributed by atoms with Gasteiger partial charge in [-0.1, -0.05) is 15.9 Å². The quantitative estimate of drug-likeness (QED) is 0.864. The molecule has 0 bridgehead atoms. The fraction of sp³-hybridized carbons (Fsp3) is 0.154. The van der Waals surface area contributed by atoms with E-state index in [9.17, 15) is 14.0 Å². The zero-order chi connectivity index (χ0) is 15.6. The van der Waals surface area contributed by atoms with Crippen LogP contribution in [0.4, 0.5) is 4.39 Å². The highest BCUT2D eigenvalue weighted by molar-refractivity contribution is 9.10. The summed E-state index contributed by atoms with van der Waals surface area (Å²) in [6, 6.07) is 4.13. The van der Waals surface area contributed by atoms with Crippen LogP contribution < -0.4 is 5.32 Å². The minimum absolute atomic E-state index is 0.0487. The molecule has 5 nitrogen and oxygen atoms in total. The lowest BCUT2D eigenvalue weighted by atomic mass is 10.2. The topological polar surface area (TPSA) is 79.3 Å². The van der Waals surface area contributed by atoms with E-state index in [2.05, 4.69) is 26.2 Å². The molecule has 0 radical (unpaired) electrons. The van der Waals surface area contributed by atoms with Gasteiger partial charge in [0.1, 0.15) is 15.7 Å². The number of carbonyl (C=O) groups excluding carboxylic acids is 1. The van der Waals surface area contributed by atoms with Crippen LogP contribution in [0.15, 0.2) is 22.7 Å². The molecule has 110 valence electrons. The predicted octanol–water partition coefficient (Wildman–Crippen LogP) is 2.98. The van der Waals surface area contributed by atoms with Gasteiger partial charge in [0.25, 0.3) is 5.91 Å². The first-order valence-corrected chi connectivity index (χ1v) is 7.42. The predicted molar refractivity (Wildman–Crippen MR) is 79.1 cm³/mol. The summed E-state index contributed by atoms with van der Waals surface area (Å²) >= 11 is 4.09. The van der Waals surface area contributed by atoms with E-state index in [4.69, 9.17) is 5.11 Å². The molecule has 0 unspecified atom stereocenters. The van der Waals surface area contributed by atoms with Crippen molar-refractivity contribution in [3.05, 3.63) is 49.6 Å². The van der Waals surface area contributed by atoms with E-state index in [1.54, 1.807) is 13.0 Å². The number of aromatic nitrogens is 1. The Kier molecular flexibility index (Phi) is 4.69. The third-order valence-electron chi connectivity index (χ3n) is 2.61. The van der Waals surface area contributed by atoms with Crippen LogP contribution in [-0.2, 0) is 6.54 Å². The molecular weight excluding hydrogens is 363 g/mol. The number of benzene rings is 1. The van der Waals surface area contributed by atoms with Gasteiger partial charge in [-0.05, 0) is 25.1 Å². The number of hydrogen-bond donors (Lipinski definition) is 2. The van der Waals surface area contributed by atoms with Gasteiger partial charge in [-0.15, -0.1) is 11.3 Å². The van der Waals surface area contributed by atoms with E-state index in [1.165, 1.54) is 12.1 Å². The van der Waals surface area contributed by atoms with Crippen LogP contribution in [0.5, 0.6) is 0 Å². The van der Waals surface area contributed by atoms with Crippen LogP contribution >= 0.6 is 27.3 Å². The summed E-state index contributed by atoms with van der Waals surface area (Å²) < 4.78 is 14.2. The molecule has 0 atom stereocenters. The average molecular weight is 373 g/mol. The molecule has 0 aliphatic rings. The van der Waals surface area contributed by atoms with Crippen LogP contribution in [-0.4, -0.2) is 22.0 Å². The Morgan fingerprint density at radius 2 is 2.19 bits per heavy atom. The fourth-order valence-corrected chi connectivity index (χ4v) is 2.83. The van der Waals surface area contributed by atoms with Gasteiger partial charge < -0.3 is 10.4 Å². The average Bonchev–Trinajstić information content (AvgIpc) is 2.77. The number of carboxylic acid groups (broad SMARTS) is 1. The Morgan fingerprint density at radius 3 is 2.76 bits per heavy atom. The van der Waals surface area contributed by atoms with Gasteiger partial charge in [0.15, 0.2) is 0 Å². The molecule has 2 aromatic rings. The zero-order valence-corrected chi connectivity index (χ0v) is 13.2. The number of hydrogen-bond acceptors (Lipinski definition) is 4. The molecule has 1 amide bonds. The van der Waals surface area contributed by atoms with E-state index in [-0.39, 0.29) is 17.0 Å². The summed E-state index contributed by atoms with van der Waals surface area (Å²) in [6.07, 6.45) is 0. The maximum Gasteiger partial charge on any atom is 0.347 e. The van der Waals surface area contributed by atoms with Crippen molar-refractivity contribution >= 4 is 39.1 Å².